The van der Waals surface area contributed by atoms with Crippen LogP contribution in [0.15, 0.2) is 60.7 Å². The number of hydrogen-bond acceptors (Lipinski definition) is 3. The van der Waals surface area contributed by atoms with Crippen LogP contribution in [0.1, 0.15) is 33.8 Å². The average Bonchev–Trinajstić information content (AvgIpc) is 3.15. The summed E-state index contributed by atoms with van der Waals surface area (Å²) in [6.45, 7) is 0. The summed E-state index contributed by atoms with van der Waals surface area (Å²) >= 11 is 0. The zero-order valence-electron chi connectivity index (χ0n) is 17.2. The highest BCUT2D eigenvalue weighted by atomic mass is 19.4. The Bertz CT molecular complexity index is 1250. The van der Waals surface area contributed by atoms with Gasteiger partial charge in [-0.05, 0) is 17.0 Å². The molecule has 3 aromatic carbocycles. The predicted molar refractivity (Wildman–Crippen MR) is 109 cm³/mol. The number of halogens is 6. The molecular weight excluding hydrogens is 448 g/mol. The van der Waals surface area contributed by atoms with E-state index < -0.39 is 47.0 Å². The van der Waals surface area contributed by atoms with Gasteiger partial charge in [0.25, 0.3) is 5.78 Å². The van der Waals surface area contributed by atoms with Crippen LogP contribution < -0.4 is 4.90 Å². The Labute approximate surface area is 184 Å². The van der Waals surface area contributed by atoms with Crippen molar-refractivity contribution in [3.05, 3.63) is 77.4 Å². The van der Waals surface area contributed by atoms with Crippen LogP contribution in [0.25, 0.3) is 10.8 Å². The second kappa shape index (κ2) is 6.96. The summed E-state index contributed by atoms with van der Waals surface area (Å²) in [6, 6.07) is 14.4. The van der Waals surface area contributed by atoms with Gasteiger partial charge in [-0.1, -0.05) is 54.6 Å². The van der Waals surface area contributed by atoms with Gasteiger partial charge in [-0.25, -0.2) is 0 Å². The van der Waals surface area contributed by atoms with Gasteiger partial charge in [0, 0.05) is 35.9 Å². The summed E-state index contributed by atoms with van der Waals surface area (Å²) in [5, 5.41) is 0.0843. The molecule has 2 aliphatic heterocycles. The molecule has 0 N–H and O–H groups in total. The van der Waals surface area contributed by atoms with E-state index in [1.54, 1.807) is 37.4 Å². The van der Waals surface area contributed by atoms with Crippen LogP contribution in [0.4, 0.5) is 32.0 Å². The number of anilines is 1. The molecule has 3 atom stereocenters. The first-order valence-corrected chi connectivity index (χ1v) is 10.2. The number of hydrogen-bond donors (Lipinski definition) is 0. The molecule has 0 amide bonds. The topological polar surface area (TPSA) is 29.5 Å². The van der Waals surface area contributed by atoms with Crippen molar-refractivity contribution in [1.29, 1.82) is 0 Å². The molecule has 0 unspecified atom stereocenters. The molecule has 2 heterocycles. The maximum Gasteiger partial charge on any atom is 0.454 e. The second-order valence-electron chi connectivity index (χ2n) is 8.31. The summed E-state index contributed by atoms with van der Waals surface area (Å²) in [5.74, 6) is -3.40. The number of alkyl halides is 6. The SMILES string of the molecule is CN1c2c(cc(C(=O)C(F)(F)F)c3ccccc23)[C@]2(C(F)(F)F)O[C@H]1C[C@H]2c1ccccc1. The third-order valence-electron chi connectivity index (χ3n) is 6.58. The number of fused-ring (bicyclic) bond motifs is 6. The average molecular weight is 465 g/mol. The molecule has 0 saturated carbocycles. The van der Waals surface area contributed by atoms with E-state index in [9.17, 15) is 31.1 Å². The molecule has 1 saturated heterocycles. The molecule has 33 heavy (non-hydrogen) atoms. The van der Waals surface area contributed by atoms with Crippen molar-refractivity contribution in [2.45, 2.75) is 36.5 Å². The van der Waals surface area contributed by atoms with Crippen LogP contribution in [0, 0.1) is 0 Å². The van der Waals surface area contributed by atoms with Crippen molar-refractivity contribution < 1.29 is 35.9 Å². The second-order valence-corrected chi connectivity index (χ2v) is 8.31. The third kappa shape index (κ3) is 2.98. The minimum atomic E-state index is -5.25. The third-order valence-corrected chi connectivity index (χ3v) is 6.58. The summed E-state index contributed by atoms with van der Waals surface area (Å²) < 4.78 is 90.5. The summed E-state index contributed by atoms with van der Waals surface area (Å²) in [5.41, 5.74) is -3.72. The lowest BCUT2D eigenvalue weighted by atomic mass is 9.75. The lowest BCUT2D eigenvalue weighted by Crippen LogP contribution is -2.51. The standard InChI is InChI=1S/C24H17F6NO2/c1-31-19-12-17(13-7-3-2-4-8-13)22(33-19,24(28,29)30)18-11-16(21(32)23(25,26)27)14-9-5-6-10-15(14)20(18)31/h2-11,17,19H,12H2,1H3/t17-,19-,22+/m0/s1. The van der Waals surface area contributed by atoms with E-state index in [-0.39, 0.29) is 22.9 Å². The van der Waals surface area contributed by atoms with E-state index in [0.717, 1.165) is 6.07 Å². The van der Waals surface area contributed by atoms with Gasteiger partial charge in [-0.3, -0.25) is 4.79 Å². The van der Waals surface area contributed by atoms with Crippen molar-refractivity contribution in [3.8, 4) is 0 Å². The number of benzene rings is 3. The Balaban J connectivity index is 1.89. The van der Waals surface area contributed by atoms with Gasteiger partial charge in [0.05, 0.1) is 5.69 Å². The van der Waals surface area contributed by atoms with Crippen molar-refractivity contribution in [2.24, 2.45) is 0 Å². The van der Waals surface area contributed by atoms with Gasteiger partial charge in [0.15, 0.2) is 5.60 Å². The molecule has 3 nitrogen and oxygen atoms in total. The van der Waals surface area contributed by atoms with E-state index in [1.807, 2.05) is 0 Å². The first-order chi connectivity index (χ1) is 15.5. The van der Waals surface area contributed by atoms with Crippen LogP contribution in [0.5, 0.6) is 0 Å². The fourth-order valence-corrected chi connectivity index (χ4v) is 5.18. The Kier molecular flexibility index (Phi) is 4.59. The van der Waals surface area contributed by atoms with Crippen LogP contribution >= 0.6 is 0 Å². The molecule has 1 fully saturated rings. The highest BCUT2D eigenvalue weighted by Crippen LogP contribution is 2.64. The van der Waals surface area contributed by atoms with Gasteiger partial charge in [0.2, 0.25) is 0 Å². The summed E-state index contributed by atoms with van der Waals surface area (Å²) in [4.78, 5) is 13.8. The number of Topliss-reactive ketones (excluding diaryl/α,β-unsaturated/α-hetero) is 1. The molecule has 0 aromatic heterocycles. The van der Waals surface area contributed by atoms with Crippen LogP contribution in [0.2, 0.25) is 0 Å². The largest absolute Gasteiger partial charge is 0.454 e. The Morgan fingerprint density at radius 2 is 1.58 bits per heavy atom. The number of carbonyl (C=O) groups is 1. The number of rotatable bonds is 2. The number of nitrogens with zero attached hydrogens (tertiary/aromatic N) is 1. The molecule has 0 spiro atoms. The van der Waals surface area contributed by atoms with E-state index >= 15 is 0 Å². The van der Waals surface area contributed by atoms with Gasteiger partial charge >= 0.3 is 12.4 Å². The highest BCUT2D eigenvalue weighted by molar-refractivity contribution is 6.14. The minimum Gasteiger partial charge on any atom is -0.348 e. The first-order valence-electron chi connectivity index (χ1n) is 10.2. The van der Waals surface area contributed by atoms with Gasteiger partial charge in [-0.2, -0.15) is 26.3 Å². The van der Waals surface area contributed by atoms with Gasteiger partial charge in [-0.15, -0.1) is 0 Å². The van der Waals surface area contributed by atoms with Crippen molar-refractivity contribution >= 4 is 22.2 Å². The zero-order chi connectivity index (χ0) is 23.8. The van der Waals surface area contributed by atoms with E-state index in [4.69, 9.17) is 4.74 Å². The monoisotopic (exact) mass is 465 g/mol. The molecule has 0 aliphatic carbocycles. The molecule has 172 valence electrons. The fraction of sp³-hybridized carbons (Fsp3) is 0.292. The van der Waals surface area contributed by atoms with Crippen molar-refractivity contribution in [2.75, 3.05) is 11.9 Å². The number of ketones is 1. The van der Waals surface area contributed by atoms with Gasteiger partial charge < -0.3 is 9.64 Å². The lowest BCUT2D eigenvalue weighted by Gasteiger charge is -2.44. The van der Waals surface area contributed by atoms with Crippen LogP contribution in [-0.4, -0.2) is 31.4 Å². The number of ether oxygens (including phenoxy) is 1. The molecule has 3 aromatic rings. The summed E-state index contributed by atoms with van der Waals surface area (Å²) in [6.07, 6.45) is -11.2. The molecule has 2 aliphatic rings. The molecular formula is C24H17F6NO2. The Hall–Kier alpha value is -3.07. The lowest BCUT2D eigenvalue weighted by molar-refractivity contribution is -0.285. The Morgan fingerprint density at radius 1 is 0.970 bits per heavy atom. The fourth-order valence-electron chi connectivity index (χ4n) is 5.18. The maximum atomic E-state index is 14.9. The number of carbonyl (C=O) groups excluding carboxylic acids is 1. The molecule has 2 bridgehead atoms. The molecule has 5 rings (SSSR count). The smallest absolute Gasteiger partial charge is 0.348 e. The van der Waals surface area contributed by atoms with Crippen molar-refractivity contribution in [1.82, 2.24) is 0 Å². The zero-order valence-corrected chi connectivity index (χ0v) is 17.2. The van der Waals surface area contributed by atoms with Crippen LogP contribution in [0.3, 0.4) is 0 Å². The quantitative estimate of drug-likeness (QED) is 0.328. The highest BCUT2D eigenvalue weighted by Gasteiger charge is 2.70. The van der Waals surface area contributed by atoms with E-state index in [2.05, 4.69) is 0 Å². The maximum absolute atomic E-state index is 14.9. The van der Waals surface area contributed by atoms with E-state index in [1.165, 1.54) is 29.2 Å². The van der Waals surface area contributed by atoms with Gasteiger partial charge in [0.1, 0.15) is 6.23 Å². The van der Waals surface area contributed by atoms with Crippen molar-refractivity contribution in [3.63, 3.8) is 0 Å². The predicted octanol–water partition coefficient (Wildman–Crippen LogP) is 6.32. The van der Waals surface area contributed by atoms with Crippen LogP contribution in [-0.2, 0) is 10.3 Å². The first kappa shape index (κ1) is 21.8. The molecule has 9 heteroatoms. The van der Waals surface area contributed by atoms with E-state index in [0.29, 0.717) is 5.56 Å². The normalized spacial score (nSPS) is 24.8. The Morgan fingerprint density at radius 3 is 2.18 bits per heavy atom. The minimum absolute atomic E-state index is 0.0222. The summed E-state index contributed by atoms with van der Waals surface area (Å²) in [7, 11) is 1.55. The molecule has 0 radical (unpaired) electrons.